The van der Waals surface area contributed by atoms with Crippen LogP contribution in [-0.2, 0) is 23.7 Å². The highest BCUT2D eigenvalue weighted by Crippen LogP contribution is 2.76. The molecule has 0 amide bonds. The molecule has 7 fully saturated rings. The van der Waals surface area contributed by atoms with Crippen molar-refractivity contribution in [1.82, 2.24) is 0 Å². The standard InChI is InChI=1S/C25H38O6/c1-20-8-9-23(29-12-13-30-23)15-24(20)19(31-24)14-16-17(20)4-6-21(2)18(16)5-7-25(21,26)22(3)27-10-11-28-22/h16-19,26H,4-15H2,1-3H3/t16-,17?,18?,19-,20-,21+,24-,25?/m1/s1. The molecule has 4 saturated carbocycles. The average Bonchev–Trinajstić information content (AvgIpc) is 3.07. The van der Waals surface area contributed by atoms with Gasteiger partial charge in [0.2, 0.25) is 0 Å². The molecule has 3 unspecified atom stereocenters. The summed E-state index contributed by atoms with van der Waals surface area (Å²) in [4.78, 5) is 0. The molecule has 3 heterocycles. The highest BCUT2D eigenvalue weighted by Gasteiger charge is 2.80. The van der Waals surface area contributed by atoms with Crippen molar-refractivity contribution >= 4 is 0 Å². The van der Waals surface area contributed by atoms with Gasteiger partial charge in [0.15, 0.2) is 11.6 Å². The van der Waals surface area contributed by atoms with Gasteiger partial charge < -0.3 is 28.8 Å². The van der Waals surface area contributed by atoms with Gasteiger partial charge in [-0.2, -0.15) is 0 Å². The van der Waals surface area contributed by atoms with E-state index in [-0.39, 0.29) is 16.4 Å². The molecule has 0 aromatic heterocycles. The fourth-order valence-corrected chi connectivity index (χ4v) is 9.88. The maximum absolute atomic E-state index is 12.1. The molecule has 2 spiro atoms. The van der Waals surface area contributed by atoms with Gasteiger partial charge in [0.25, 0.3) is 0 Å². The van der Waals surface area contributed by atoms with E-state index in [9.17, 15) is 5.11 Å². The summed E-state index contributed by atoms with van der Waals surface area (Å²) in [6, 6.07) is 0. The first-order valence-corrected chi connectivity index (χ1v) is 12.7. The summed E-state index contributed by atoms with van der Waals surface area (Å²) < 4.78 is 31.0. The van der Waals surface area contributed by atoms with E-state index in [0.717, 1.165) is 51.4 Å². The molecule has 7 aliphatic rings. The maximum Gasteiger partial charge on any atom is 0.195 e. The third-order valence-electron chi connectivity index (χ3n) is 11.6. The Morgan fingerprint density at radius 3 is 2.13 bits per heavy atom. The van der Waals surface area contributed by atoms with Gasteiger partial charge in [0, 0.05) is 23.7 Å². The van der Waals surface area contributed by atoms with Crippen LogP contribution < -0.4 is 0 Å². The zero-order valence-electron chi connectivity index (χ0n) is 19.3. The van der Waals surface area contributed by atoms with Crippen molar-refractivity contribution in [2.24, 2.45) is 28.6 Å². The van der Waals surface area contributed by atoms with Crippen molar-refractivity contribution in [3.05, 3.63) is 0 Å². The predicted molar refractivity (Wildman–Crippen MR) is 111 cm³/mol. The molecule has 0 aromatic rings. The lowest BCUT2D eigenvalue weighted by Crippen LogP contribution is -2.65. The molecule has 31 heavy (non-hydrogen) atoms. The molecular formula is C25H38O6. The first-order chi connectivity index (χ1) is 14.7. The number of hydrogen-bond acceptors (Lipinski definition) is 6. The average molecular weight is 435 g/mol. The van der Waals surface area contributed by atoms with Gasteiger partial charge in [-0.1, -0.05) is 13.8 Å². The summed E-state index contributed by atoms with van der Waals surface area (Å²) in [6.45, 7) is 9.38. The van der Waals surface area contributed by atoms with Crippen LogP contribution in [0, 0.1) is 28.6 Å². The minimum Gasteiger partial charge on any atom is -0.384 e. The molecule has 4 aliphatic carbocycles. The van der Waals surface area contributed by atoms with Gasteiger partial charge in [-0.05, 0) is 63.2 Å². The van der Waals surface area contributed by atoms with Gasteiger partial charge in [0.05, 0.1) is 32.5 Å². The lowest BCUT2D eigenvalue weighted by atomic mass is 9.43. The van der Waals surface area contributed by atoms with E-state index in [1.807, 2.05) is 6.92 Å². The smallest absolute Gasteiger partial charge is 0.195 e. The van der Waals surface area contributed by atoms with Crippen molar-refractivity contribution in [3.63, 3.8) is 0 Å². The van der Waals surface area contributed by atoms with Crippen LogP contribution in [0.3, 0.4) is 0 Å². The highest BCUT2D eigenvalue weighted by atomic mass is 16.8. The number of ether oxygens (including phenoxy) is 5. The number of rotatable bonds is 1. The van der Waals surface area contributed by atoms with Crippen LogP contribution in [0.4, 0.5) is 0 Å². The summed E-state index contributed by atoms with van der Waals surface area (Å²) in [5.41, 5.74) is -0.989. The highest BCUT2D eigenvalue weighted by molar-refractivity contribution is 5.27. The van der Waals surface area contributed by atoms with E-state index >= 15 is 0 Å². The molecule has 6 heteroatoms. The number of aliphatic hydroxyl groups is 1. The lowest BCUT2D eigenvalue weighted by molar-refractivity contribution is -0.301. The summed E-state index contributed by atoms with van der Waals surface area (Å²) in [5, 5.41) is 12.1. The second-order valence-corrected chi connectivity index (χ2v) is 12.3. The van der Waals surface area contributed by atoms with E-state index < -0.39 is 17.2 Å². The largest absolute Gasteiger partial charge is 0.384 e. The van der Waals surface area contributed by atoms with E-state index in [0.29, 0.717) is 50.3 Å². The minimum absolute atomic E-state index is 0.0664. The molecule has 174 valence electrons. The normalized spacial score (nSPS) is 58.5. The zero-order chi connectivity index (χ0) is 21.3. The Morgan fingerprint density at radius 1 is 0.742 bits per heavy atom. The molecule has 0 bridgehead atoms. The third kappa shape index (κ3) is 2.17. The fraction of sp³-hybridized carbons (Fsp3) is 1.00. The summed E-state index contributed by atoms with van der Waals surface area (Å²) in [5.74, 6) is 0.459. The molecule has 3 saturated heterocycles. The van der Waals surface area contributed by atoms with Crippen LogP contribution in [0.15, 0.2) is 0 Å². The summed E-state index contributed by atoms with van der Waals surface area (Å²) >= 11 is 0. The number of fused-ring (bicyclic) bond motifs is 4. The molecule has 7 rings (SSSR count). The Labute approximate surface area is 185 Å². The zero-order valence-corrected chi connectivity index (χ0v) is 19.3. The first kappa shape index (κ1) is 20.2. The quantitative estimate of drug-likeness (QED) is 0.638. The molecule has 6 nitrogen and oxygen atoms in total. The van der Waals surface area contributed by atoms with Crippen LogP contribution in [0.25, 0.3) is 0 Å². The molecule has 1 N–H and O–H groups in total. The molecular weight excluding hydrogens is 396 g/mol. The van der Waals surface area contributed by atoms with Gasteiger partial charge in [-0.25, -0.2) is 0 Å². The van der Waals surface area contributed by atoms with Crippen LogP contribution in [-0.4, -0.2) is 60.4 Å². The predicted octanol–water partition coefficient (Wildman–Crippen LogP) is 3.40. The van der Waals surface area contributed by atoms with Crippen molar-refractivity contribution in [1.29, 1.82) is 0 Å². The lowest BCUT2D eigenvalue weighted by Gasteiger charge is -2.61. The minimum atomic E-state index is -0.922. The van der Waals surface area contributed by atoms with Gasteiger partial charge in [-0.15, -0.1) is 0 Å². The van der Waals surface area contributed by atoms with E-state index in [1.54, 1.807) is 0 Å². The number of epoxide rings is 1. The topological polar surface area (TPSA) is 69.7 Å². The third-order valence-corrected chi connectivity index (χ3v) is 11.6. The summed E-state index contributed by atoms with van der Waals surface area (Å²) in [6.07, 6.45) is 8.44. The van der Waals surface area contributed by atoms with Crippen LogP contribution in [0.5, 0.6) is 0 Å². The fourth-order valence-electron chi connectivity index (χ4n) is 9.88. The monoisotopic (exact) mass is 434 g/mol. The molecule has 0 radical (unpaired) electrons. The Morgan fingerprint density at radius 2 is 1.39 bits per heavy atom. The molecule has 0 aromatic carbocycles. The maximum atomic E-state index is 12.1. The van der Waals surface area contributed by atoms with Crippen LogP contribution in [0.2, 0.25) is 0 Å². The Bertz CT molecular complexity index is 789. The second kappa shape index (κ2) is 5.87. The van der Waals surface area contributed by atoms with Crippen LogP contribution >= 0.6 is 0 Å². The first-order valence-electron chi connectivity index (χ1n) is 12.7. The van der Waals surface area contributed by atoms with E-state index in [4.69, 9.17) is 23.7 Å². The SMILES string of the molecule is CC1(C2(O)CCC3[C@@H]4C[C@H]5O[C@]56CC5(CC[C@]6(C)C4CC[C@@]32C)OCCO5)OCCO1. The molecule has 3 aliphatic heterocycles. The number of hydrogen-bond donors (Lipinski definition) is 1. The Kier molecular flexibility index (Phi) is 3.82. The Balaban J connectivity index is 1.21. The van der Waals surface area contributed by atoms with Crippen molar-refractivity contribution in [3.8, 4) is 0 Å². The summed E-state index contributed by atoms with van der Waals surface area (Å²) in [7, 11) is 0. The second-order valence-electron chi connectivity index (χ2n) is 12.3. The van der Waals surface area contributed by atoms with Crippen molar-refractivity contribution in [2.45, 2.75) is 101 Å². The van der Waals surface area contributed by atoms with Gasteiger partial charge >= 0.3 is 0 Å². The Hall–Kier alpha value is -0.240. The molecule has 8 atom stereocenters. The van der Waals surface area contributed by atoms with Crippen molar-refractivity contribution < 1.29 is 28.8 Å². The van der Waals surface area contributed by atoms with Crippen molar-refractivity contribution in [2.75, 3.05) is 26.4 Å². The van der Waals surface area contributed by atoms with E-state index in [1.165, 1.54) is 0 Å². The van der Waals surface area contributed by atoms with Gasteiger partial charge in [0.1, 0.15) is 11.2 Å². The van der Waals surface area contributed by atoms with E-state index in [2.05, 4.69) is 13.8 Å². The van der Waals surface area contributed by atoms with Crippen LogP contribution in [0.1, 0.15) is 72.1 Å². The van der Waals surface area contributed by atoms with Gasteiger partial charge in [-0.3, -0.25) is 0 Å².